The molecule has 1 saturated heterocycles. The lowest BCUT2D eigenvalue weighted by Gasteiger charge is -2.33. The third-order valence-electron chi connectivity index (χ3n) is 4.86. The zero-order valence-electron chi connectivity index (χ0n) is 14.8. The minimum absolute atomic E-state index is 0.0376. The summed E-state index contributed by atoms with van der Waals surface area (Å²) in [4.78, 5) is 19.4. The molecule has 1 N–H and O–H groups in total. The first-order valence-corrected chi connectivity index (χ1v) is 9.11. The van der Waals surface area contributed by atoms with E-state index in [9.17, 15) is 4.79 Å². The third-order valence-corrected chi connectivity index (χ3v) is 5.27. The topological polar surface area (TPSA) is 45.2 Å². The van der Waals surface area contributed by atoms with E-state index in [1.165, 1.54) is 5.56 Å². The van der Waals surface area contributed by atoms with Crippen molar-refractivity contribution in [2.75, 3.05) is 13.1 Å². The van der Waals surface area contributed by atoms with Crippen LogP contribution in [0, 0.1) is 13.8 Å². The van der Waals surface area contributed by atoms with E-state index in [4.69, 9.17) is 11.6 Å². The Hall–Kier alpha value is -1.91. The molecule has 1 aromatic carbocycles. The van der Waals surface area contributed by atoms with Crippen LogP contribution in [-0.4, -0.2) is 34.9 Å². The van der Waals surface area contributed by atoms with Gasteiger partial charge >= 0.3 is 0 Å². The predicted octanol–water partition coefficient (Wildman–Crippen LogP) is 3.75. The van der Waals surface area contributed by atoms with Gasteiger partial charge in [-0.3, -0.25) is 14.7 Å². The van der Waals surface area contributed by atoms with E-state index in [1.54, 1.807) is 0 Å². The summed E-state index contributed by atoms with van der Waals surface area (Å²) in [5.41, 5.74) is 3.82. The number of aromatic nitrogens is 1. The van der Waals surface area contributed by atoms with E-state index in [0.29, 0.717) is 10.6 Å². The zero-order valence-corrected chi connectivity index (χ0v) is 15.5. The van der Waals surface area contributed by atoms with Gasteiger partial charge in [-0.05, 0) is 62.6 Å². The number of carbonyl (C=O) groups is 1. The summed E-state index contributed by atoms with van der Waals surface area (Å²) in [5.74, 6) is -0.0376. The maximum atomic E-state index is 12.6. The fourth-order valence-corrected chi connectivity index (χ4v) is 3.53. The lowest BCUT2D eigenvalue weighted by molar-refractivity contribution is 0.0900. The van der Waals surface area contributed by atoms with Crippen LogP contribution in [0.5, 0.6) is 0 Å². The molecule has 1 aromatic heterocycles. The Balaban J connectivity index is 1.63. The first kappa shape index (κ1) is 17.9. The molecule has 5 heteroatoms. The molecule has 0 unspecified atom stereocenters. The number of rotatable bonds is 4. The van der Waals surface area contributed by atoms with Gasteiger partial charge in [0.2, 0.25) is 0 Å². The first-order valence-electron chi connectivity index (χ1n) is 8.73. The van der Waals surface area contributed by atoms with E-state index in [1.807, 2.05) is 44.3 Å². The van der Waals surface area contributed by atoms with Gasteiger partial charge < -0.3 is 5.32 Å². The van der Waals surface area contributed by atoms with Crippen molar-refractivity contribution < 1.29 is 4.79 Å². The van der Waals surface area contributed by atoms with Crippen LogP contribution >= 0.6 is 11.6 Å². The Kier molecular flexibility index (Phi) is 5.71. The smallest absolute Gasteiger partial charge is 0.251 e. The number of benzene rings is 1. The second-order valence-corrected chi connectivity index (χ2v) is 7.12. The number of halogens is 1. The maximum absolute atomic E-state index is 12.6. The zero-order chi connectivity index (χ0) is 17.8. The highest BCUT2D eigenvalue weighted by atomic mass is 35.5. The molecule has 0 aliphatic carbocycles. The number of nitrogens with one attached hydrogen (secondary N) is 1. The Labute approximate surface area is 154 Å². The Morgan fingerprint density at radius 3 is 2.96 bits per heavy atom. The summed E-state index contributed by atoms with van der Waals surface area (Å²) in [5, 5.41) is 3.81. The molecule has 1 amide bonds. The van der Waals surface area contributed by atoms with Crippen molar-refractivity contribution in [3.8, 4) is 0 Å². The normalized spacial score (nSPS) is 18.1. The Morgan fingerprint density at radius 2 is 2.16 bits per heavy atom. The fraction of sp³-hybridized carbons (Fsp3) is 0.400. The minimum atomic E-state index is -0.0376. The van der Waals surface area contributed by atoms with E-state index in [2.05, 4.69) is 21.3 Å². The molecule has 0 radical (unpaired) electrons. The van der Waals surface area contributed by atoms with E-state index >= 15 is 0 Å². The Morgan fingerprint density at radius 1 is 1.32 bits per heavy atom. The monoisotopic (exact) mass is 357 g/mol. The van der Waals surface area contributed by atoms with Crippen LogP contribution in [0.15, 0.2) is 36.5 Å². The quantitative estimate of drug-likeness (QED) is 0.906. The summed E-state index contributed by atoms with van der Waals surface area (Å²) in [6, 6.07) is 9.73. The van der Waals surface area contributed by atoms with E-state index in [0.717, 1.165) is 43.7 Å². The van der Waals surface area contributed by atoms with E-state index < -0.39 is 0 Å². The number of aryl methyl sites for hydroxylation is 1. The van der Waals surface area contributed by atoms with Crippen LogP contribution in [0.25, 0.3) is 0 Å². The molecule has 1 aliphatic heterocycles. The molecule has 25 heavy (non-hydrogen) atoms. The SMILES string of the molecule is Cc1ncccc1CN1CCC[C@@H](NC(=O)c2cccc(Cl)c2C)C1. The number of hydrogen-bond donors (Lipinski definition) is 1. The molecule has 0 saturated carbocycles. The second-order valence-electron chi connectivity index (χ2n) is 6.71. The highest BCUT2D eigenvalue weighted by molar-refractivity contribution is 6.31. The molecule has 4 nitrogen and oxygen atoms in total. The number of nitrogens with zero attached hydrogens (tertiary/aromatic N) is 2. The van der Waals surface area contributed by atoms with Crippen molar-refractivity contribution in [3.63, 3.8) is 0 Å². The van der Waals surface area contributed by atoms with Crippen LogP contribution in [0.2, 0.25) is 5.02 Å². The Bertz CT molecular complexity index is 762. The van der Waals surface area contributed by atoms with Gasteiger partial charge in [0.25, 0.3) is 5.91 Å². The molecular formula is C20H24ClN3O. The van der Waals surface area contributed by atoms with Crippen molar-refractivity contribution in [3.05, 3.63) is 63.9 Å². The number of pyridine rings is 1. The van der Waals surface area contributed by atoms with Crippen LogP contribution in [0.3, 0.4) is 0 Å². The van der Waals surface area contributed by atoms with Gasteiger partial charge in [0, 0.05) is 41.6 Å². The van der Waals surface area contributed by atoms with Crippen molar-refractivity contribution in [1.82, 2.24) is 15.2 Å². The van der Waals surface area contributed by atoms with Gasteiger partial charge in [0.1, 0.15) is 0 Å². The molecule has 0 bridgehead atoms. The second kappa shape index (κ2) is 7.98. The van der Waals surface area contributed by atoms with Crippen LogP contribution in [0.4, 0.5) is 0 Å². The van der Waals surface area contributed by atoms with Gasteiger partial charge in [-0.1, -0.05) is 23.7 Å². The van der Waals surface area contributed by atoms with E-state index in [-0.39, 0.29) is 11.9 Å². The van der Waals surface area contributed by atoms with Gasteiger partial charge in [-0.15, -0.1) is 0 Å². The van der Waals surface area contributed by atoms with Crippen LogP contribution in [0.1, 0.15) is 40.0 Å². The number of likely N-dealkylation sites (tertiary alicyclic amines) is 1. The molecular weight excluding hydrogens is 334 g/mol. The third kappa shape index (κ3) is 4.39. The summed E-state index contributed by atoms with van der Waals surface area (Å²) < 4.78 is 0. The summed E-state index contributed by atoms with van der Waals surface area (Å²) in [7, 11) is 0. The lowest BCUT2D eigenvalue weighted by Crippen LogP contribution is -2.47. The van der Waals surface area contributed by atoms with Crippen molar-refractivity contribution >= 4 is 17.5 Å². The lowest BCUT2D eigenvalue weighted by atomic mass is 10.0. The van der Waals surface area contributed by atoms with Crippen LogP contribution in [-0.2, 0) is 6.54 Å². The van der Waals surface area contributed by atoms with Gasteiger partial charge in [0.05, 0.1) is 0 Å². The molecule has 132 valence electrons. The minimum Gasteiger partial charge on any atom is -0.348 e. The average Bonchev–Trinajstić information content (AvgIpc) is 2.59. The number of piperidine rings is 1. The van der Waals surface area contributed by atoms with Gasteiger partial charge in [0.15, 0.2) is 0 Å². The number of carbonyl (C=O) groups excluding carboxylic acids is 1. The van der Waals surface area contributed by atoms with Gasteiger partial charge in [-0.2, -0.15) is 0 Å². The molecule has 2 heterocycles. The van der Waals surface area contributed by atoms with Gasteiger partial charge in [-0.25, -0.2) is 0 Å². The average molecular weight is 358 g/mol. The molecule has 1 atom stereocenters. The number of amides is 1. The summed E-state index contributed by atoms with van der Waals surface area (Å²) in [6.45, 7) is 6.72. The van der Waals surface area contributed by atoms with Crippen molar-refractivity contribution in [2.45, 2.75) is 39.3 Å². The molecule has 2 aromatic rings. The summed E-state index contributed by atoms with van der Waals surface area (Å²) in [6.07, 6.45) is 3.91. The van der Waals surface area contributed by atoms with Crippen molar-refractivity contribution in [1.29, 1.82) is 0 Å². The molecule has 1 fully saturated rings. The largest absolute Gasteiger partial charge is 0.348 e. The molecule has 3 rings (SSSR count). The highest BCUT2D eigenvalue weighted by Gasteiger charge is 2.23. The maximum Gasteiger partial charge on any atom is 0.251 e. The molecule has 1 aliphatic rings. The standard InChI is InChI=1S/C20H24ClN3O/c1-14-18(8-3-9-19(14)21)20(25)23-17-7-5-11-24(13-17)12-16-6-4-10-22-15(16)2/h3-4,6,8-10,17H,5,7,11-13H2,1-2H3,(H,23,25)/t17-/m1/s1. The first-order chi connectivity index (χ1) is 12.0. The fourth-order valence-electron chi connectivity index (χ4n) is 3.36. The number of hydrogen-bond acceptors (Lipinski definition) is 3. The van der Waals surface area contributed by atoms with Crippen molar-refractivity contribution in [2.24, 2.45) is 0 Å². The molecule has 0 spiro atoms. The van der Waals surface area contributed by atoms with Crippen LogP contribution < -0.4 is 5.32 Å². The highest BCUT2D eigenvalue weighted by Crippen LogP contribution is 2.20. The summed E-state index contributed by atoms with van der Waals surface area (Å²) >= 11 is 6.13. The predicted molar refractivity (Wildman–Crippen MR) is 101 cm³/mol.